The fourth-order valence-corrected chi connectivity index (χ4v) is 11.2. The molecular weight excluding hydrogens is 256 g/mol. The Morgan fingerprint density at radius 3 is 2.24 bits per heavy atom. The number of hydrogen-bond acceptors (Lipinski definition) is 3. The quantitative estimate of drug-likeness (QED) is 0.677. The van der Waals surface area contributed by atoms with E-state index >= 15 is 0 Å². The van der Waals surface area contributed by atoms with Crippen molar-refractivity contribution in [1.82, 2.24) is 0 Å². The first-order valence-electron chi connectivity index (χ1n) is 6.30. The third-order valence-corrected chi connectivity index (χ3v) is 12.1. The highest BCUT2D eigenvalue weighted by molar-refractivity contribution is 8.10. The van der Waals surface area contributed by atoms with Crippen LogP contribution in [0.5, 0.6) is 0 Å². The summed E-state index contributed by atoms with van der Waals surface area (Å²) >= 11 is 0. The Bertz CT molecular complexity index is 508. The molecule has 1 spiro atoms. The van der Waals surface area contributed by atoms with Crippen LogP contribution in [0.3, 0.4) is 0 Å². The molecule has 0 radical (unpaired) electrons. The van der Waals surface area contributed by atoms with Gasteiger partial charge >= 0.3 is 0 Å². The Kier molecular flexibility index (Phi) is 2.13. The van der Waals surface area contributed by atoms with Crippen LogP contribution in [0, 0.1) is 16.7 Å². The third kappa shape index (κ3) is 1.02. The Morgan fingerprint density at radius 1 is 1.24 bits per heavy atom. The van der Waals surface area contributed by atoms with E-state index in [4.69, 9.17) is 0 Å². The lowest BCUT2D eigenvalue weighted by Crippen LogP contribution is -2.52. The largest absolute Gasteiger partial charge is 0.258 e. The molecule has 2 saturated carbocycles. The van der Waals surface area contributed by atoms with E-state index < -0.39 is 24.7 Å². The van der Waals surface area contributed by atoms with Gasteiger partial charge in [0.05, 0.1) is 5.75 Å². The van der Waals surface area contributed by atoms with Gasteiger partial charge in [-0.3, -0.25) is 4.21 Å². The van der Waals surface area contributed by atoms with Crippen molar-refractivity contribution >= 4 is 20.6 Å². The molecular formula is C12H20O3S2. The van der Waals surface area contributed by atoms with Gasteiger partial charge in [0.2, 0.25) is 0 Å². The smallest absolute Gasteiger partial charge is 0.169 e. The van der Waals surface area contributed by atoms with Gasteiger partial charge in [0, 0.05) is 22.0 Å². The number of fused-ring (bicyclic) bond motifs is 3. The van der Waals surface area contributed by atoms with Crippen molar-refractivity contribution in [2.45, 2.75) is 44.1 Å². The molecule has 3 rings (SSSR count). The molecule has 1 heterocycles. The molecule has 1 saturated heterocycles. The van der Waals surface area contributed by atoms with Gasteiger partial charge in [0.15, 0.2) is 13.9 Å². The van der Waals surface area contributed by atoms with Gasteiger partial charge in [-0.25, -0.2) is 8.42 Å². The fourth-order valence-electron chi connectivity index (χ4n) is 4.66. The molecule has 4 atom stereocenters. The molecule has 3 aliphatic rings. The van der Waals surface area contributed by atoms with Gasteiger partial charge in [-0.1, -0.05) is 20.8 Å². The van der Waals surface area contributed by atoms with Crippen LogP contribution in [0.4, 0.5) is 0 Å². The van der Waals surface area contributed by atoms with Gasteiger partial charge in [0.25, 0.3) is 0 Å². The Labute approximate surface area is 106 Å². The molecule has 98 valence electrons. The first kappa shape index (κ1) is 12.2. The number of hydrogen-bond donors (Lipinski definition) is 0. The molecule has 0 aromatic heterocycles. The van der Waals surface area contributed by atoms with Crippen LogP contribution in [0.25, 0.3) is 0 Å². The summed E-state index contributed by atoms with van der Waals surface area (Å²) in [7, 11) is -4.40. The van der Waals surface area contributed by atoms with Crippen LogP contribution in [-0.2, 0) is 20.6 Å². The molecule has 17 heavy (non-hydrogen) atoms. The molecule has 0 unspecified atom stereocenters. The van der Waals surface area contributed by atoms with Crippen LogP contribution >= 0.6 is 0 Å². The van der Waals surface area contributed by atoms with E-state index in [0.29, 0.717) is 18.1 Å². The summed E-state index contributed by atoms with van der Waals surface area (Å²) in [6.07, 6.45) is 2.64. The summed E-state index contributed by atoms with van der Waals surface area (Å²) in [6, 6.07) is 0. The first-order valence-corrected chi connectivity index (χ1v) is 9.27. The van der Waals surface area contributed by atoms with Crippen LogP contribution in [0.2, 0.25) is 0 Å². The minimum atomic E-state index is -3.20. The summed E-state index contributed by atoms with van der Waals surface area (Å²) in [5.41, 5.74) is -0.301. The van der Waals surface area contributed by atoms with Crippen molar-refractivity contribution in [1.29, 1.82) is 0 Å². The van der Waals surface area contributed by atoms with Gasteiger partial charge in [0.1, 0.15) is 0 Å². The summed E-state index contributed by atoms with van der Waals surface area (Å²) < 4.78 is 36.5. The third-order valence-electron chi connectivity index (χ3n) is 6.20. The molecule has 1 aliphatic heterocycles. The predicted molar refractivity (Wildman–Crippen MR) is 68.8 cm³/mol. The average Bonchev–Trinajstić information content (AvgIpc) is 2.66. The summed E-state index contributed by atoms with van der Waals surface area (Å²) in [6.45, 7) is 6.41. The van der Waals surface area contributed by atoms with Crippen molar-refractivity contribution in [2.75, 3.05) is 11.5 Å². The second-order valence-corrected chi connectivity index (χ2v) is 11.0. The van der Waals surface area contributed by atoms with Gasteiger partial charge in [-0.2, -0.15) is 0 Å². The van der Waals surface area contributed by atoms with Crippen LogP contribution in [0.15, 0.2) is 0 Å². The summed E-state index contributed by atoms with van der Waals surface area (Å²) in [5.74, 6) is 0.892. The van der Waals surface area contributed by atoms with Crippen LogP contribution in [-0.4, -0.2) is 28.2 Å². The maximum Gasteiger partial charge on any atom is 0.169 e. The molecule has 0 amide bonds. The molecule has 2 bridgehead atoms. The Hall–Kier alpha value is 0.1000. The highest BCUT2D eigenvalue weighted by Crippen LogP contribution is 2.73. The number of sulfone groups is 1. The van der Waals surface area contributed by atoms with E-state index in [1.54, 1.807) is 0 Å². The van der Waals surface area contributed by atoms with Gasteiger partial charge in [-0.15, -0.1) is 0 Å². The van der Waals surface area contributed by atoms with Crippen molar-refractivity contribution in [3.05, 3.63) is 0 Å². The summed E-state index contributed by atoms with van der Waals surface area (Å²) in [5, 5.41) is 0. The molecule has 2 aliphatic carbocycles. The summed E-state index contributed by atoms with van der Waals surface area (Å²) in [4.78, 5) is 0. The topological polar surface area (TPSA) is 51.2 Å². The van der Waals surface area contributed by atoms with E-state index in [0.717, 1.165) is 12.8 Å². The minimum absolute atomic E-state index is 0.0000694. The molecule has 0 aromatic rings. The van der Waals surface area contributed by atoms with E-state index in [1.165, 1.54) is 0 Å². The Morgan fingerprint density at radius 2 is 1.88 bits per heavy atom. The fraction of sp³-hybridized carbons (Fsp3) is 1.00. The second-order valence-electron chi connectivity index (χ2n) is 6.61. The normalized spacial score (nSPS) is 54.5. The molecule has 3 fully saturated rings. The van der Waals surface area contributed by atoms with Crippen molar-refractivity contribution in [2.24, 2.45) is 16.7 Å². The van der Waals surface area contributed by atoms with Gasteiger partial charge < -0.3 is 0 Å². The van der Waals surface area contributed by atoms with E-state index in [2.05, 4.69) is 20.8 Å². The van der Waals surface area contributed by atoms with Crippen LogP contribution in [0.1, 0.15) is 40.0 Å². The van der Waals surface area contributed by atoms with Crippen LogP contribution < -0.4 is 0 Å². The maximum absolute atomic E-state index is 12.5. The zero-order valence-electron chi connectivity index (χ0n) is 10.7. The Balaban J connectivity index is 2.28. The van der Waals surface area contributed by atoms with E-state index in [-0.39, 0.29) is 16.6 Å². The molecule has 0 N–H and O–H groups in total. The lowest BCUT2D eigenvalue weighted by atomic mass is 9.70. The average molecular weight is 276 g/mol. The minimum Gasteiger partial charge on any atom is -0.258 e. The standard InChI is InChI=1S/C12H20O3S2/c1-10(2)9-4-5-11(10,3)12(8-9)16(13)6-7-17(12,14)15/h9H,4-8H2,1-3H3/t9-,11-,12+,16-/m1/s1. The van der Waals surface area contributed by atoms with E-state index in [9.17, 15) is 12.6 Å². The SMILES string of the molecule is CC1(C)[C@@H]2CC[C@@]1(C)[C@@]1(C2)[S@](=O)CCS1(=O)=O. The van der Waals surface area contributed by atoms with Crippen molar-refractivity contribution in [3.63, 3.8) is 0 Å². The first-order chi connectivity index (χ1) is 7.69. The highest BCUT2D eigenvalue weighted by Gasteiger charge is 2.77. The zero-order valence-corrected chi connectivity index (χ0v) is 12.3. The van der Waals surface area contributed by atoms with Crippen molar-refractivity contribution < 1.29 is 12.6 Å². The number of rotatable bonds is 0. The predicted octanol–water partition coefficient (Wildman–Crippen LogP) is 1.71. The highest BCUT2D eigenvalue weighted by atomic mass is 32.3. The van der Waals surface area contributed by atoms with Crippen molar-refractivity contribution in [3.8, 4) is 0 Å². The molecule has 3 nitrogen and oxygen atoms in total. The van der Waals surface area contributed by atoms with E-state index in [1.807, 2.05) is 0 Å². The monoisotopic (exact) mass is 276 g/mol. The molecule has 5 heteroatoms. The maximum atomic E-state index is 12.5. The lowest BCUT2D eigenvalue weighted by molar-refractivity contribution is 0.145. The zero-order chi connectivity index (χ0) is 12.7. The second kappa shape index (κ2) is 2.98. The van der Waals surface area contributed by atoms with Gasteiger partial charge in [-0.05, 0) is 30.6 Å². The molecule has 0 aromatic carbocycles. The lowest BCUT2D eigenvalue weighted by Gasteiger charge is -2.44.